The maximum atomic E-state index is 5.43. The Morgan fingerprint density at radius 2 is 2.00 bits per heavy atom. The van der Waals surface area contributed by atoms with Crippen molar-refractivity contribution in [1.82, 2.24) is 10.2 Å². The Bertz CT molecular complexity index is 473. The Hall–Kier alpha value is -1.91. The van der Waals surface area contributed by atoms with Crippen molar-refractivity contribution in [2.24, 2.45) is 10.9 Å². The van der Waals surface area contributed by atoms with Crippen molar-refractivity contribution in [3.63, 3.8) is 0 Å². The van der Waals surface area contributed by atoms with Crippen molar-refractivity contribution in [3.05, 3.63) is 23.8 Å². The number of rotatable bonds is 6. The average molecular weight is 293 g/mol. The first kappa shape index (κ1) is 17.1. The van der Waals surface area contributed by atoms with Crippen molar-refractivity contribution in [2.45, 2.75) is 20.4 Å². The molecule has 5 heteroatoms. The molecule has 118 valence electrons. The largest absolute Gasteiger partial charge is 0.497 e. The number of hydrogen-bond acceptors (Lipinski definition) is 3. The lowest BCUT2D eigenvalue weighted by atomic mass is 10.2. The molecule has 0 atom stereocenters. The molecule has 0 aliphatic carbocycles. The van der Waals surface area contributed by atoms with Crippen LogP contribution >= 0.6 is 0 Å². The van der Waals surface area contributed by atoms with Crippen molar-refractivity contribution in [1.29, 1.82) is 0 Å². The Labute approximate surface area is 128 Å². The molecule has 0 aliphatic rings. The fourth-order valence-corrected chi connectivity index (χ4v) is 1.99. The lowest BCUT2D eigenvalue weighted by molar-refractivity contribution is 0.382. The molecular weight excluding hydrogens is 266 g/mol. The molecule has 0 saturated carbocycles. The van der Waals surface area contributed by atoms with Crippen molar-refractivity contribution >= 4 is 5.96 Å². The summed E-state index contributed by atoms with van der Waals surface area (Å²) < 4.78 is 10.7. The molecule has 5 nitrogen and oxygen atoms in total. The van der Waals surface area contributed by atoms with E-state index in [4.69, 9.17) is 9.47 Å². The summed E-state index contributed by atoms with van der Waals surface area (Å²) in [6.07, 6.45) is 0. The zero-order valence-electron chi connectivity index (χ0n) is 13.9. The van der Waals surface area contributed by atoms with Crippen LogP contribution in [0.15, 0.2) is 23.2 Å². The van der Waals surface area contributed by atoms with E-state index in [0.29, 0.717) is 12.5 Å². The fourth-order valence-electron chi connectivity index (χ4n) is 1.99. The number of aliphatic imine (C=N–C) groups is 1. The van der Waals surface area contributed by atoms with Crippen LogP contribution in [-0.2, 0) is 6.54 Å². The van der Waals surface area contributed by atoms with E-state index >= 15 is 0 Å². The van der Waals surface area contributed by atoms with Gasteiger partial charge >= 0.3 is 0 Å². The van der Waals surface area contributed by atoms with Crippen LogP contribution in [0.3, 0.4) is 0 Å². The molecule has 0 amide bonds. The van der Waals surface area contributed by atoms with Gasteiger partial charge in [0.2, 0.25) is 0 Å². The Morgan fingerprint density at radius 1 is 1.29 bits per heavy atom. The number of benzene rings is 1. The summed E-state index contributed by atoms with van der Waals surface area (Å²) >= 11 is 0. The van der Waals surface area contributed by atoms with Gasteiger partial charge in [-0.2, -0.15) is 0 Å². The summed E-state index contributed by atoms with van der Waals surface area (Å²) in [4.78, 5) is 6.39. The van der Waals surface area contributed by atoms with E-state index < -0.39 is 0 Å². The zero-order chi connectivity index (χ0) is 15.8. The molecule has 0 spiro atoms. The number of methoxy groups -OCH3 is 2. The average Bonchev–Trinajstić information content (AvgIpc) is 2.47. The minimum atomic E-state index is 0.575. The first-order valence-electron chi connectivity index (χ1n) is 7.14. The molecule has 0 aliphatic heterocycles. The van der Waals surface area contributed by atoms with E-state index in [-0.39, 0.29) is 0 Å². The van der Waals surface area contributed by atoms with E-state index in [1.807, 2.05) is 25.2 Å². The van der Waals surface area contributed by atoms with Gasteiger partial charge < -0.3 is 19.7 Å². The van der Waals surface area contributed by atoms with Gasteiger partial charge in [-0.25, -0.2) is 0 Å². The second-order valence-electron chi connectivity index (χ2n) is 5.36. The highest BCUT2D eigenvalue weighted by Gasteiger charge is 2.11. The molecule has 0 aromatic heterocycles. The number of hydrogen-bond donors (Lipinski definition) is 1. The van der Waals surface area contributed by atoms with Crippen molar-refractivity contribution in [2.75, 3.05) is 34.9 Å². The molecule has 0 saturated heterocycles. The van der Waals surface area contributed by atoms with Gasteiger partial charge in [0.15, 0.2) is 5.96 Å². The topological polar surface area (TPSA) is 46.1 Å². The van der Waals surface area contributed by atoms with Gasteiger partial charge in [0, 0.05) is 38.8 Å². The smallest absolute Gasteiger partial charge is 0.193 e. The molecule has 0 fully saturated rings. The molecule has 0 heterocycles. The summed E-state index contributed by atoms with van der Waals surface area (Å²) in [5.74, 6) is 3.06. The monoisotopic (exact) mass is 293 g/mol. The van der Waals surface area contributed by atoms with Crippen molar-refractivity contribution in [3.8, 4) is 11.5 Å². The zero-order valence-corrected chi connectivity index (χ0v) is 13.9. The summed E-state index contributed by atoms with van der Waals surface area (Å²) in [5, 5.41) is 3.36. The standard InChI is InChI=1S/C16H27N3O2/c1-12(2)10-18-16(17-3)19(4)11-13-7-8-14(20-5)9-15(13)21-6/h7-9,12H,10-11H2,1-6H3,(H,17,18). The van der Waals surface area contributed by atoms with Gasteiger partial charge in [-0.15, -0.1) is 0 Å². The van der Waals surface area contributed by atoms with E-state index in [9.17, 15) is 0 Å². The lowest BCUT2D eigenvalue weighted by Crippen LogP contribution is -2.40. The van der Waals surface area contributed by atoms with E-state index in [1.165, 1.54) is 0 Å². The SMILES string of the molecule is CN=C(NCC(C)C)N(C)Cc1ccc(OC)cc1OC. The summed E-state index contributed by atoms with van der Waals surface area (Å²) in [6, 6.07) is 5.85. The first-order valence-corrected chi connectivity index (χ1v) is 7.14. The number of nitrogens with one attached hydrogen (secondary N) is 1. The molecule has 0 bridgehead atoms. The van der Waals surface area contributed by atoms with Gasteiger partial charge in [0.25, 0.3) is 0 Å². The summed E-state index contributed by atoms with van der Waals surface area (Å²) in [7, 11) is 7.13. The molecule has 1 aromatic carbocycles. The van der Waals surface area contributed by atoms with E-state index in [2.05, 4.69) is 29.1 Å². The van der Waals surface area contributed by atoms with Crippen LogP contribution < -0.4 is 14.8 Å². The fraction of sp³-hybridized carbons (Fsp3) is 0.562. The van der Waals surface area contributed by atoms with Crippen molar-refractivity contribution < 1.29 is 9.47 Å². The van der Waals surface area contributed by atoms with E-state index in [0.717, 1.165) is 29.6 Å². The van der Waals surface area contributed by atoms with Crippen LogP contribution in [0.25, 0.3) is 0 Å². The minimum absolute atomic E-state index is 0.575. The van der Waals surface area contributed by atoms with Gasteiger partial charge in [-0.1, -0.05) is 13.8 Å². The van der Waals surface area contributed by atoms with Crippen LogP contribution in [0.1, 0.15) is 19.4 Å². The second-order valence-corrected chi connectivity index (χ2v) is 5.36. The molecule has 0 radical (unpaired) electrons. The third-order valence-corrected chi connectivity index (χ3v) is 3.14. The molecule has 21 heavy (non-hydrogen) atoms. The van der Waals surface area contributed by atoms with Crippen LogP contribution in [0.2, 0.25) is 0 Å². The van der Waals surface area contributed by atoms with Gasteiger partial charge in [-0.05, 0) is 18.1 Å². The summed E-state index contributed by atoms with van der Waals surface area (Å²) in [6.45, 7) is 5.96. The van der Waals surface area contributed by atoms with Crippen LogP contribution in [0, 0.1) is 5.92 Å². The number of ether oxygens (including phenoxy) is 2. The van der Waals surface area contributed by atoms with Gasteiger partial charge in [0.1, 0.15) is 11.5 Å². The van der Waals surface area contributed by atoms with E-state index in [1.54, 1.807) is 21.3 Å². The minimum Gasteiger partial charge on any atom is -0.497 e. The molecule has 0 unspecified atom stereocenters. The molecule has 1 aromatic rings. The number of nitrogens with zero attached hydrogens (tertiary/aromatic N) is 2. The third-order valence-electron chi connectivity index (χ3n) is 3.14. The van der Waals surface area contributed by atoms with Crippen LogP contribution in [0.4, 0.5) is 0 Å². The predicted molar refractivity (Wildman–Crippen MR) is 87.2 cm³/mol. The first-order chi connectivity index (χ1) is 10.0. The number of guanidine groups is 1. The summed E-state index contributed by atoms with van der Waals surface area (Å²) in [5.41, 5.74) is 1.09. The maximum Gasteiger partial charge on any atom is 0.193 e. The highest BCUT2D eigenvalue weighted by atomic mass is 16.5. The normalized spacial score (nSPS) is 11.5. The Kier molecular flexibility index (Phi) is 6.85. The van der Waals surface area contributed by atoms with Gasteiger partial charge in [0.05, 0.1) is 14.2 Å². The molecular formula is C16H27N3O2. The van der Waals surface area contributed by atoms with Crippen LogP contribution in [0.5, 0.6) is 11.5 Å². The maximum absolute atomic E-state index is 5.43. The highest BCUT2D eigenvalue weighted by Crippen LogP contribution is 2.25. The molecule has 1 rings (SSSR count). The third kappa shape index (κ3) is 5.17. The Morgan fingerprint density at radius 3 is 2.52 bits per heavy atom. The Balaban J connectivity index is 2.79. The predicted octanol–water partition coefficient (Wildman–Crippen LogP) is 2.37. The molecule has 1 N–H and O–H groups in total. The van der Waals surface area contributed by atoms with Gasteiger partial charge in [-0.3, -0.25) is 4.99 Å². The lowest BCUT2D eigenvalue weighted by Gasteiger charge is -2.24. The van der Waals surface area contributed by atoms with Crippen LogP contribution in [-0.4, -0.2) is 45.7 Å². The second kappa shape index (κ2) is 8.39. The highest BCUT2D eigenvalue weighted by molar-refractivity contribution is 5.79. The quantitative estimate of drug-likeness (QED) is 0.646.